The largest absolute Gasteiger partial charge is 0.449 e. The summed E-state index contributed by atoms with van der Waals surface area (Å²) in [5, 5.41) is 1.31. The number of sulfone groups is 1. The van der Waals surface area contributed by atoms with Crippen molar-refractivity contribution in [3.8, 4) is 0 Å². The minimum absolute atomic E-state index is 0.0795. The van der Waals surface area contributed by atoms with Gasteiger partial charge >= 0.3 is 6.09 Å². The summed E-state index contributed by atoms with van der Waals surface area (Å²) in [5.74, 6) is -5.26. The number of ether oxygens (including phenoxy) is 1. The highest BCUT2D eigenvalue weighted by atomic mass is 35.5. The molecule has 0 aromatic heterocycles. The molecule has 0 aliphatic carbocycles. The SMILES string of the molecule is CC(C)COC(=O)N1C2C[C@@H](S(=O)(=O)c3cc(C(=O)Nc4cc(F)c(F)c(F)c4)ccc3Cl)CC1[C@@H](C)C2. The van der Waals surface area contributed by atoms with Crippen LogP contribution in [0.5, 0.6) is 0 Å². The molecule has 2 heterocycles. The van der Waals surface area contributed by atoms with Crippen LogP contribution in [0.4, 0.5) is 23.7 Å². The molecule has 206 valence electrons. The Kier molecular flexibility index (Phi) is 7.99. The van der Waals surface area contributed by atoms with E-state index in [1.807, 2.05) is 20.8 Å². The summed E-state index contributed by atoms with van der Waals surface area (Å²) in [5.41, 5.74) is -0.461. The Morgan fingerprint density at radius 3 is 2.37 bits per heavy atom. The van der Waals surface area contributed by atoms with Gasteiger partial charge in [-0.3, -0.25) is 4.79 Å². The number of halogens is 4. The lowest BCUT2D eigenvalue weighted by molar-refractivity contribution is 0.0599. The molecule has 1 N–H and O–H groups in total. The normalized spacial score (nSPS) is 23.0. The number of nitrogens with one attached hydrogen (secondary N) is 1. The van der Waals surface area contributed by atoms with E-state index in [9.17, 15) is 31.2 Å². The van der Waals surface area contributed by atoms with Gasteiger partial charge < -0.3 is 15.0 Å². The number of hydrogen-bond donors (Lipinski definition) is 1. The monoisotopic (exact) mass is 572 g/mol. The topological polar surface area (TPSA) is 92.8 Å². The van der Waals surface area contributed by atoms with Gasteiger partial charge in [-0.2, -0.15) is 0 Å². The molecule has 4 rings (SSSR count). The number of nitrogens with zero attached hydrogens (tertiary/aromatic N) is 1. The maximum absolute atomic E-state index is 13.7. The van der Waals surface area contributed by atoms with E-state index in [2.05, 4.69) is 5.32 Å². The van der Waals surface area contributed by atoms with Crippen LogP contribution in [0.1, 0.15) is 50.4 Å². The third-order valence-electron chi connectivity index (χ3n) is 7.02. The number of carbonyl (C=O) groups excluding carboxylic acids is 2. The maximum Gasteiger partial charge on any atom is 0.410 e. The third kappa shape index (κ3) is 5.49. The fourth-order valence-electron chi connectivity index (χ4n) is 5.19. The first-order valence-corrected chi connectivity index (χ1v) is 14.2. The van der Waals surface area contributed by atoms with Crippen molar-refractivity contribution in [1.29, 1.82) is 0 Å². The summed E-state index contributed by atoms with van der Waals surface area (Å²) in [4.78, 5) is 26.9. The Bertz CT molecular complexity index is 1350. The zero-order valence-electron chi connectivity index (χ0n) is 21.0. The van der Waals surface area contributed by atoms with Crippen molar-refractivity contribution in [1.82, 2.24) is 4.90 Å². The van der Waals surface area contributed by atoms with Gasteiger partial charge in [-0.05, 0) is 49.3 Å². The predicted octanol–water partition coefficient (Wildman–Crippen LogP) is 5.82. The van der Waals surface area contributed by atoms with E-state index < -0.39 is 44.5 Å². The molecule has 2 saturated heterocycles. The van der Waals surface area contributed by atoms with E-state index in [1.54, 1.807) is 4.90 Å². The summed E-state index contributed by atoms with van der Waals surface area (Å²) >= 11 is 6.25. The number of amides is 2. The lowest BCUT2D eigenvalue weighted by Gasteiger charge is -2.38. The molecule has 2 bridgehead atoms. The fourth-order valence-corrected chi connectivity index (χ4v) is 7.55. The summed E-state index contributed by atoms with van der Waals surface area (Å²) in [6.07, 6.45) is 0.590. The lowest BCUT2D eigenvalue weighted by Crippen LogP contribution is -2.50. The van der Waals surface area contributed by atoms with Gasteiger partial charge in [0.15, 0.2) is 27.3 Å². The quantitative estimate of drug-likeness (QED) is 0.441. The number of anilines is 1. The number of carbonyl (C=O) groups is 2. The van der Waals surface area contributed by atoms with Crippen molar-refractivity contribution in [2.75, 3.05) is 11.9 Å². The van der Waals surface area contributed by atoms with E-state index in [1.165, 1.54) is 12.1 Å². The number of piperidine rings is 1. The zero-order chi connectivity index (χ0) is 27.9. The minimum atomic E-state index is -4.03. The highest BCUT2D eigenvalue weighted by Gasteiger charge is 2.51. The molecule has 0 radical (unpaired) electrons. The second-order valence-electron chi connectivity index (χ2n) is 10.3. The Morgan fingerprint density at radius 2 is 1.76 bits per heavy atom. The Hall–Kier alpha value is -2.79. The molecule has 2 aromatic carbocycles. The molecular formula is C26H28ClF3N2O5S. The zero-order valence-corrected chi connectivity index (χ0v) is 22.6. The molecule has 2 amide bonds. The molecular weight excluding hydrogens is 545 g/mol. The van der Waals surface area contributed by atoms with Crippen LogP contribution in [0, 0.1) is 29.3 Å². The molecule has 2 fully saturated rings. The predicted molar refractivity (Wildman–Crippen MR) is 135 cm³/mol. The maximum atomic E-state index is 13.7. The molecule has 4 atom stereocenters. The molecule has 2 aliphatic rings. The smallest absolute Gasteiger partial charge is 0.410 e. The van der Waals surface area contributed by atoms with Crippen LogP contribution in [-0.2, 0) is 14.6 Å². The molecule has 7 nitrogen and oxygen atoms in total. The van der Waals surface area contributed by atoms with E-state index in [0.717, 1.165) is 6.07 Å². The average molecular weight is 573 g/mol. The first-order valence-electron chi connectivity index (χ1n) is 12.2. The molecule has 0 spiro atoms. The molecule has 38 heavy (non-hydrogen) atoms. The highest BCUT2D eigenvalue weighted by Crippen LogP contribution is 2.44. The van der Waals surface area contributed by atoms with Crippen molar-refractivity contribution in [3.05, 3.63) is 58.4 Å². The average Bonchev–Trinajstić information content (AvgIpc) is 3.04. The van der Waals surface area contributed by atoms with Crippen molar-refractivity contribution < 1.29 is 35.9 Å². The van der Waals surface area contributed by atoms with Gasteiger partial charge in [0.2, 0.25) is 0 Å². The Balaban J connectivity index is 1.55. The molecule has 0 saturated carbocycles. The van der Waals surface area contributed by atoms with Crippen LogP contribution in [0.25, 0.3) is 0 Å². The van der Waals surface area contributed by atoms with E-state index in [4.69, 9.17) is 16.3 Å². The third-order valence-corrected chi connectivity index (χ3v) is 9.68. The van der Waals surface area contributed by atoms with Crippen molar-refractivity contribution in [2.45, 2.75) is 62.3 Å². The van der Waals surface area contributed by atoms with Crippen molar-refractivity contribution >= 4 is 39.1 Å². The van der Waals surface area contributed by atoms with Crippen molar-refractivity contribution in [3.63, 3.8) is 0 Å². The van der Waals surface area contributed by atoms with Crippen molar-refractivity contribution in [2.24, 2.45) is 11.8 Å². The van der Waals surface area contributed by atoms with E-state index >= 15 is 0 Å². The van der Waals surface area contributed by atoms with Crippen LogP contribution < -0.4 is 5.32 Å². The summed E-state index contributed by atoms with van der Waals surface area (Å²) in [6.45, 7) is 6.10. The van der Waals surface area contributed by atoms with Crippen LogP contribution in [0.15, 0.2) is 35.2 Å². The van der Waals surface area contributed by atoms with Gasteiger partial charge in [0, 0.05) is 35.5 Å². The van der Waals surface area contributed by atoms with Gasteiger partial charge in [-0.1, -0.05) is 32.4 Å². The Morgan fingerprint density at radius 1 is 1.11 bits per heavy atom. The highest BCUT2D eigenvalue weighted by molar-refractivity contribution is 7.92. The minimum Gasteiger partial charge on any atom is -0.449 e. The van der Waals surface area contributed by atoms with Crippen LogP contribution in [0.2, 0.25) is 5.02 Å². The number of rotatable bonds is 6. The van der Waals surface area contributed by atoms with Gasteiger partial charge in [-0.15, -0.1) is 0 Å². The second-order valence-corrected chi connectivity index (χ2v) is 12.9. The van der Waals surface area contributed by atoms with Gasteiger partial charge in [0.25, 0.3) is 5.91 Å². The van der Waals surface area contributed by atoms with Crippen LogP contribution >= 0.6 is 11.6 Å². The summed E-state index contributed by atoms with van der Waals surface area (Å²) in [6, 6.07) is 4.23. The number of benzene rings is 2. The molecule has 2 aliphatic heterocycles. The fraction of sp³-hybridized carbons (Fsp3) is 0.462. The molecule has 2 unspecified atom stereocenters. The van der Waals surface area contributed by atoms with Crippen LogP contribution in [-0.4, -0.2) is 49.3 Å². The van der Waals surface area contributed by atoms with E-state index in [-0.39, 0.29) is 64.5 Å². The number of fused-ring (bicyclic) bond motifs is 2. The number of hydrogen-bond acceptors (Lipinski definition) is 5. The molecule has 2 aromatic rings. The first-order chi connectivity index (χ1) is 17.8. The van der Waals surface area contributed by atoms with Gasteiger partial charge in [-0.25, -0.2) is 26.4 Å². The second kappa shape index (κ2) is 10.8. The van der Waals surface area contributed by atoms with E-state index in [0.29, 0.717) is 18.6 Å². The standard InChI is InChI=1S/C26H28ClF3N2O5S/c1-13(2)12-37-26(34)32-17-6-14(3)22(32)11-18(10-17)38(35,36)23-7-15(4-5-19(23)27)25(33)31-16-8-20(28)24(30)21(29)9-16/h4-5,7-9,13-14,17-18,22H,6,10-12H2,1-3H3,(H,31,33)/t14-,17?,18+,22?/m0/s1. The van der Waals surface area contributed by atoms with Gasteiger partial charge in [0.1, 0.15) is 0 Å². The lowest BCUT2D eigenvalue weighted by atomic mass is 9.99. The Labute approximate surface area is 224 Å². The summed E-state index contributed by atoms with van der Waals surface area (Å²) < 4.78 is 73.1. The summed E-state index contributed by atoms with van der Waals surface area (Å²) in [7, 11) is -4.03. The molecule has 12 heteroatoms. The van der Waals surface area contributed by atoms with Crippen LogP contribution in [0.3, 0.4) is 0 Å². The first kappa shape index (κ1) is 28.2. The van der Waals surface area contributed by atoms with Gasteiger partial charge in [0.05, 0.1) is 21.8 Å².